The number of methoxy groups -OCH3 is 1. The van der Waals surface area contributed by atoms with E-state index in [1.165, 1.54) is 13.3 Å². The standard InChI is InChI=1S/C19H20BrN5O4/c1-28-17(26)6-11-2-3-13(7-15(11)20)23-19-14(18(22)27)9-25(24-19)16-10-29-5-4-12(16)8-21/h2-3,7,9,12,16H,4-6,10H2,1H3,(H2,22,27)(H,23,24)/t12?,16-/m0/s1. The van der Waals surface area contributed by atoms with Gasteiger partial charge in [-0.15, -0.1) is 0 Å². The van der Waals surface area contributed by atoms with E-state index in [0.29, 0.717) is 29.8 Å². The molecule has 29 heavy (non-hydrogen) atoms. The van der Waals surface area contributed by atoms with Gasteiger partial charge in [0.1, 0.15) is 5.56 Å². The number of hydrogen-bond acceptors (Lipinski definition) is 7. The first-order chi connectivity index (χ1) is 13.9. The third kappa shape index (κ3) is 4.75. The molecule has 0 bridgehead atoms. The Morgan fingerprint density at radius 2 is 2.31 bits per heavy atom. The van der Waals surface area contributed by atoms with Gasteiger partial charge in [-0.1, -0.05) is 22.0 Å². The Morgan fingerprint density at radius 3 is 2.97 bits per heavy atom. The number of nitrogens with zero attached hydrogens (tertiary/aromatic N) is 3. The molecule has 1 fully saturated rings. The molecule has 0 aliphatic carbocycles. The van der Waals surface area contributed by atoms with Gasteiger partial charge in [0.2, 0.25) is 0 Å². The molecule has 0 radical (unpaired) electrons. The van der Waals surface area contributed by atoms with Crippen LogP contribution in [0.4, 0.5) is 11.5 Å². The summed E-state index contributed by atoms with van der Waals surface area (Å²) in [6.07, 6.45) is 2.27. The van der Waals surface area contributed by atoms with Crippen LogP contribution in [0.15, 0.2) is 28.9 Å². The number of ether oxygens (including phenoxy) is 2. The number of carbonyl (C=O) groups excluding carboxylic acids is 2. The molecule has 1 unspecified atom stereocenters. The highest BCUT2D eigenvalue weighted by atomic mass is 79.9. The number of primary amides is 1. The summed E-state index contributed by atoms with van der Waals surface area (Å²) >= 11 is 3.43. The topological polar surface area (TPSA) is 132 Å². The van der Waals surface area contributed by atoms with Crippen molar-refractivity contribution in [3.05, 3.63) is 40.0 Å². The number of benzene rings is 1. The fraction of sp³-hybridized carbons (Fsp3) is 0.368. The first-order valence-electron chi connectivity index (χ1n) is 8.91. The Bertz CT molecular complexity index is 968. The zero-order valence-electron chi connectivity index (χ0n) is 15.7. The van der Waals surface area contributed by atoms with Gasteiger partial charge in [-0.05, 0) is 24.1 Å². The Labute approximate surface area is 175 Å². The summed E-state index contributed by atoms with van der Waals surface area (Å²) in [5.74, 6) is -0.954. The summed E-state index contributed by atoms with van der Waals surface area (Å²) in [5.41, 5.74) is 7.13. The molecule has 1 aliphatic rings. The van der Waals surface area contributed by atoms with Gasteiger partial charge in [0, 0.05) is 23.0 Å². The average molecular weight is 462 g/mol. The summed E-state index contributed by atoms with van der Waals surface area (Å²) in [4.78, 5) is 23.4. The molecule has 10 heteroatoms. The molecule has 9 nitrogen and oxygen atoms in total. The van der Waals surface area contributed by atoms with Crippen LogP contribution < -0.4 is 11.1 Å². The predicted octanol–water partition coefficient (Wildman–Crippen LogP) is 2.30. The van der Waals surface area contributed by atoms with Crippen LogP contribution in [0.25, 0.3) is 0 Å². The van der Waals surface area contributed by atoms with E-state index < -0.39 is 5.91 Å². The summed E-state index contributed by atoms with van der Waals surface area (Å²) in [6.45, 7) is 0.862. The van der Waals surface area contributed by atoms with Crippen LogP contribution in [-0.2, 0) is 20.7 Å². The summed E-state index contributed by atoms with van der Waals surface area (Å²) in [5, 5.41) is 16.9. The minimum Gasteiger partial charge on any atom is -0.469 e. The second kappa shape index (κ2) is 9.07. The monoisotopic (exact) mass is 461 g/mol. The molecular weight excluding hydrogens is 442 g/mol. The Morgan fingerprint density at radius 1 is 1.52 bits per heavy atom. The molecule has 152 valence electrons. The number of amides is 1. The summed E-state index contributed by atoms with van der Waals surface area (Å²) in [6, 6.07) is 7.27. The molecule has 1 aliphatic heterocycles. The molecule has 0 saturated carbocycles. The number of anilines is 2. The maximum absolute atomic E-state index is 11.9. The van der Waals surface area contributed by atoms with Crippen LogP contribution in [0.3, 0.4) is 0 Å². The minimum absolute atomic E-state index is 0.135. The zero-order valence-corrected chi connectivity index (χ0v) is 17.3. The number of halogens is 1. The van der Waals surface area contributed by atoms with E-state index in [0.717, 1.165) is 5.56 Å². The second-order valence-corrected chi connectivity index (χ2v) is 7.44. The van der Waals surface area contributed by atoms with Crippen molar-refractivity contribution in [2.75, 3.05) is 25.6 Å². The average Bonchev–Trinajstić information content (AvgIpc) is 3.13. The quantitative estimate of drug-likeness (QED) is 0.630. The van der Waals surface area contributed by atoms with E-state index in [1.54, 1.807) is 22.9 Å². The van der Waals surface area contributed by atoms with Gasteiger partial charge in [-0.3, -0.25) is 14.3 Å². The lowest BCUT2D eigenvalue weighted by molar-refractivity contribution is -0.139. The van der Waals surface area contributed by atoms with E-state index in [-0.39, 0.29) is 35.7 Å². The third-order valence-electron chi connectivity index (χ3n) is 4.71. The van der Waals surface area contributed by atoms with Crippen molar-refractivity contribution in [1.29, 1.82) is 5.26 Å². The van der Waals surface area contributed by atoms with Gasteiger partial charge >= 0.3 is 5.97 Å². The number of nitrogens with two attached hydrogens (primary N) is 1. The number of nitrogens with one attached hydrogen (secondary N) is 1. The Kier molecular flexibility index (Phi) is 6.51. The smallest absolute Gasteiger partial charge is 0.310 e. The lowest BCUT2D eigenvalue weighted by atomic mass is 9.97. The minimum atomic E-state index is -0.634. The molecule has 1 aromatic carbocycles. The van der Waals surface area contributed by atoms with Crippen molar-refractivity contribution in [1.82, 2.24) is 9.78 Å². The molecule has 2 aromatic rings. The van der Waals surface area contributed by atoms with Crippen molar-refractivity contribution < 1.29 is 19.1 Å². The lowest BCUT2D eigenvalue weighted by Gasteiger charge is -2.26. The Hall–Kier alpha value is -2.90. The lowest BCUT2D eigenvalue weighted by Crippen LogP contribution is -2.29. The molecule has 3 rings (SSSR count). The summed E-state index contributed by atoms with van der Waals surface area (Å²) < 4.78 is 12.4. The molecule has 3 N–H and O–H groups in total. The fourth-order valence-corrected chi connectivity index (χ4v) is 3.62. The van der Waals surface area contributed by atoms with Gasteiger partial charge < -0.3 is 20.5 Å². The van der Waals surface area contributed by atoms with E-state index in [1.807, 2.05) is 0 Å². The third-order valence-corrected chi connectivity index (χ3v) is 5.45. The molecule has 0 spiro atoms. The number of hydrogen-bond donors (Lipinski definition) is 2. The van der Waals surface area contributed by atoms with Crippen molar-refractivity contribution in [2.45, 2.75) is 18.9 Å². The van der Waals surface area contributed by atoms with Gasteiger partial charge in [-0.25, -0.2) is 0 Å². The number of nitriles is 1. The maximum atomic E-state index is 11.9. The highest BCUT2D eigenvalue weighted by Gasteiger charge is 2.29. The number of carbonyl (C=O) groups is 2. The van der Waals surface area contributed by atoms with E-state index in [4.69, 9.17) is 10.5 Å². The van der Waals surface area contributed by atoms with E-state index in [9.17, 15) is 14.9 Å². The van der Waals surface area contributed by atoms with Gasteiger partial charge in [0.25, 0.3) is 5.91 Å². The molecule has 2 heterocycles. The van der Waals surface area contributed by atoms with E-state index in [2.05, 4.69) is 37.2 Å². The van der Waals surface area contributed by atoms with Crippen molar-refractivity contribution in [3.63, 3.8) is 0 Å². The predicted molar refractivity (Wildman–Crippen MR) is 107 cm³/mol. The van der Waals surface area contributed by atoms with Crippen molar-refractivity contribution >= 4 is 39.3 Å². The van der Waals surface area contributed by atoms with Crippen LogP contribution in [0.2, 0.25) is 0 Å². The number of rotatable bonds is 6. The first kappa shape index (κ1) is 20.8. The van der Waals surface area contributed by atoms with E-state index >= 15 is 0 Å². The van der Waals surface area contributed by atoms with Gasteiger partial charge in [0.15, 0.2) is 5.82 Å². The maximum Gasteiger partial charge on any atom is 0.310 e. The van der Waals surface area contributed by atoms with Gasteiger partial charge in [-0.2, -0.15) is 10.4 Å². The molecular formula is C19H20BrN5O4. The fourth-order valence-electron chi connectivity index (χ4n) is 3.10. The second-order valence-electron chi connectivity index (χ2n) is 6.59. The van der Waals surface area contributed by atoms with Crippen LogP contribution in [0.1, 0.15) is 28.4 Å². The summed E-state index contributed by atoms with van der Waals surface area (Å²) in [7, 11) is 1.34. The first-order valence-corrected chi connectivity index (χ1v) is 9.70. The zero-order chi connectivity index (χ0) is 21.0. The number of esters is 1. The molecule has 1 amide bonds. The van der Waals surface area contributed by atoms with Crippen LogP contribution in [0, 0.1) is 17.2 Å². The largest absolute Gasteiger partial charge is 0.469 e. The molecule has 2 atom stereocenters. The number of aromatic nitrogens is 2. The molecule has 1 saturated heterocycles. The Balaban J connectivity index is 1.86. The van der Waals surface area contributed by atoms with Crippen molar-refractivity contribution in [2.24, 2.45) is 11.7 Å². The normalized spacial score (nSPS) is 18.7. The highest BCUT2D eigenvalue weighted by molar-refractivity contribution is 9.10. The van der Waals surface area contributed by atoms with Crippen LogP contribution in [-0.4, -0.2) is 42.0 Å². The van der Waals surface area contributed by atoms with Crippen molar-refractivity contribution in [3.8, 4) is 6.07 Å². The van der Waals surface area contributed by atoms with Crippen LogP contribution in [0.5, 0.6) is 0 Å². The SMILES string of the molecule is COC(=O)Cc1ccc(Nc2nn([C@H]3COCCC3C#N)cc2C(N)=O)cc1Br. The van der Waals surface area contributed by atoms with Crippen LogP contribution >= 0.6 is 15.9 Å². The highest BCUT2D eigenvalue weighted by Crippen LogP contribution is 2.29. The molecule has 1 aromatic heterocycles. The van der Waals surface area contributed by atoms with Gasteiger partial charge in [0.05, 0.1) is 38.2 Å².